The second-order valence-corrected chi connectivity index (χ2v) is 1.90. The highest BCUT2D eigenvalue weighted by molar-refractivity contribution is 6.33. The molecular weight excluding hydrogens is 152 g/mol. The SMILES string of the molecule is Cc1ccccc1.FB(F)F. The minimum absolute atomic E-state index is 1.32. The predicted molar refractivity (Wildman–Crippen MR) is 40.3 cm³/mol. The van der Waals surface area contributed by atoms with Crippen molar-refractivity contribution in [3.05, 3.63) is 35.9 Å². The van der Waals surface area contributed by atoms with Crippen molar-refractivity contribution >= 4 is 7.54 Å². The molecule has 0 nitrogen and oxygen atoms in total. The first-order valence-corrected chi connectivity index (χ1v) is 3.07. The number of benzene rings is 1. The Kier molecular flexibility index (Phi) is 5.34. The third-order valence-corrected chi connectivity index (χ3v) is 0.940. The largest absolute Gasteiger partial charge is 0.762 e. The maximum Gasteiger partial charge on any atom is 0.762 e. The molecule has 0 aliphatic carbocycles. The van der Waals surface area contributed by atoms with Crippen molar-refractivity contribution in [2.24, 2.45) is 0 Å². The lowest BCUT2D eigenvalue weighted by Gasteiger charge is -1.82. The summed E-state index contributed by atoms with van der Waals surface area (Å²) in [6.45, 7) is 2.08. The highest BCUT2D eigenvalue weighted by Gasteiger charge is 2.06. The van der Waals surface area contributed by atoms with Gasteiger partial charge < -0.3 is 0 Å². The van der Waals surface area contributed by atoms with Gasteiger partial charge >= 0.3 is 7.54 Å². The topological polar surface area (TPSA) is 0 Å². The van der Waals surface area contributed by atoms with Gasteiger partial charge in [0.25, 0.3) is 0 Å². The molecule has 0 spiro atoms. The molecular formula is C7H8BF3. The number of hydrogen-bond acceptors (Lipinski definition) is 0. The van der Waals surface area contributed by atoms with Crippen molar-refractivity contribution in [3.8, 4) is 0 Å². The highest BCUT2D eigenvalue weighted by Crippen LogP contribution is 1.92. The van der Waals surface area contributed by atoms with Gasteiger partial charge in [0, 0.05) is 0 Å². The fourth-order valence-corrected chi connectivity index (χ4v) is 0.534. The molecule has 0 heterocycles. The first-order valence-electron chi connectivity index (χ1n) is 3.07. The van der Waals surface area contributed by atoms with Crippen LogP contribution in [0.15, 0.2) is 30.3 Å². The molecule has 0 radical (unpaired) electrons. The van der Waals surface area contributed by atoms with Crippen molar-refractivity contribution in [1.82, 2.24) is 0 Å². The average molecular weight is 160 g/mol. The van der Waals surface area contributed by atoms with Gasteiger partial charge in [0.2, 0.25) is 0 Å². The van der Waals surface area contributed by atoms with E-state index in [1.165, 1.54) is 5.56 Å². The van der Waals surface area contributed by atoms with Gasteiger partial charge in [-0.3, -0.25) is 12.9 Å². The Labute approximate surface area is 64.3 Å². The molecule has 0 amide bonds. The van der Waals surface area contributed by atoms with E-state index in [9.17, 15) is 12.9 Å². The van der Waals surface area contributed by atoms with Gasteiger partial charge in [0.15, 0.2) is 0 Å². The van der Waals surface area contributed by atoms with Crippen LogP contribution in [0.5, 0.6) is 0 Å². The lowest BCUT2D eigenvalue weighted by Crippen LogP contribution is -1.76. The molecule has 60 valence electrons. The fourth-order valence-electron chi connectivity index (χ4n) is 0.534. The standard InChI is InChI=1S/C7H8.BF3/c1-7-5-3-2-4-6-7;2-1(3)4/h2-6H,1H3;. The predicted octanol–water partition coefficient (Wildman–Crippen LogP) is 2.87. The summed E-state index contributed by atoms with van der Waals surface area (Å²) in [5, 5.41) is 0. The normalized spacial score (nSPS) is 8.00. The van der Waals surface area contributed by atoms with Crippen LogP contribution in [-0.4, -0.2) is 7.54 Å². The van der Waals surface area contributed by atoms with Gasteiger partial charge in [-0.05, 0) is 6.92 Å². The molecule has 1 aromatic rings. The van der Waals surface area contributed by atoms with Crippen molar-refractivity contribution in [2.75, 3.05) is 0 Å². The van der Waals surface area contributed by atoms with Crippen molar-refractivity contribution < 1.29 is 12.9 Å². The van der Waals surface area contributed by atoms with Crippen LogP contribution in [0.4, 0.5) is 12.9 Å². The molecule has 0 aliphatic heterocycles. The second-order valence-electron chi connectivity index (χ2n) is 1.90. The summed E-state index contributed by atoms with van der Waals surface area (Å²) in [6.07, 6.45) is 0. The fraction of sp³-hybridized carbons (Fsp3) is 0.143. The van der Waals surface area contributed by atoms with E-state index in [0.29, 0.717) is 0 Å². The monoisotopic (exact) mass is 160 g/mol. The van der Waals surface area contributed by atoms with Gasteiger partial charge in [0.1, 0.15) is 0 Å². The molecule has 0 atom stereocenters. The van der Waals surface area contributed by atoms with E-state index in [-0.39, 0.29) is 0 Å². The Morgan fingerprint density at radius 3 is 1.55 bits per heavy atom. The van der Waals surface area contributed by atoms with E-state index in [2.05, 4.69) is 19.1 Å². The maximum atomic E-state index is 9.67. The van der Waals surface area contributed by atoms with Crippen LogP contribution in [-0.2, 0) is 0 Å². The van der Waals surface area contributed by atoms with E-state index in [4.69, 9.17) is 0 Å². The number of rotatable bonds is 0. The van der Waals surface area contributed by atoms with Crippen molar-refractivity contribution in [1.29, 1.82) is 0 Å². The van der Waals surface area contributed by atoms with E-state index >= 15 is 0 Å². The van der Waals surface area contributed by atoms with Crippen LogP contribution in [0.1, 0.15) is 5.56 Å². The van der Waals surface area contributed by atoms with Crippen LogP contribution in [0.25, 0.3) is 0 Å². The van der Waals surface area contributed by atoms with E-state index in [1.54, 1.807) is 0 Å². The molecule has 4 heteroatoms. The highest BCUT2D eigenvalue weighted by atomic mass is 19.4. The molecule has 0 unspecified atom stereocenters. The van der Waals surface area contributed by atoms with Crippen LogP contribution < -0.4 is 0 Å². The Bertz CT molecular complexity index is 174. The first-order chi connectivity index (χ1) is 5.13. The zero-order valence-corrected chi connectivity index (χ0v) is 6.10. The maximum absolute atomic E-state index is 9.67. The van der Waals surface area contributed by atoms with Crippen LogP contribution in [0, 0.1) is 6.92 Å². The molecule has 0 saturated heterocycles. The summed E-state index contributed by atoms with van der Waals surface area (Å²) in [4.78, 5) is 0. The van der Waals surface area contributed by atoms with Crippen LogP contribution in [0.2, 0.25) is 0 Å². The summed E-state index contributed by atoms with van der Waals surface area (Å²) < 4.78 is 29.0. The Morgan fingerprint density at radius 2 is 1.36 bits per heavy atom. The minimum Gasteiger partial charge on any atom is -0.254 e. The summed E-state index contributed by atoms with van der Waals surface area (Å²) in [5.41, 5.74) is 1.32. The minimum atomic E-state index is -3.67. The molecule has 0 saturated carbocycles. The lowest BCUT2D eigenvalue weighted by molar-refractivity contribution is 0.535. The van der Waals surface area contributed by atoms with Crippen LogP contribution >= 0.6 is 0 Å². The van der Waals surface area contributed by atoms with Crippen molar-refractivity contribution in [3.63, 3.8) is 0 Å². The van der Waals surface area contributed by atoms with Crippen LogP contribution in [0.3, 0.4) is 0 Å². The number of halogens is 3. The summed E-state index contributed by atoms with van der Waals surface area (Å²) in [6, 6.07) is 10.3. The third kappa shape index (κ3) is 9.07. The Balaban J connectivity index is 0.000000218. The Morgan fingerprint density at radius 1 is 1.00 bits per heavy atom. The van der Waals surface area contributed by atoms with E-state index < -0.39 is 7.54 Å². The molecule has 0 N–H and O–H groups in total. The zero-order chi connectivity index (χ0) is 8.69. The van der Waals surface area contributed by atoms with E-state index in [1.807, 2.05) is 18.2 Å². The zero-order valence-electron chi connectivity index (χ0n) is 6.10. The molecule has 0 fully saturated rings. The molecule has 11 heavy (non-hydrogen) atoms. The van der Waals surface area contributed by atoms with E-state index in [0.717, 1.165) is 0 Å². The van der Waals surface area contributed by atoms with Gasteiger partial charge in [0.05, 0.1) is 0 Å². The molecule has 0 aromatic heterocycles. The molecule has 0 bridgehead atoms. The average Bonchev–Trinajstić information content (AvgIpc) is 1.87. The smallest absolute Gasteiger partial charge is 0.254 e. The first kappa shape index (κ1) is 10.1. The summed E-state index contributed by atoms with van der Waals surface area (Å²) in [5.74, 6) is 0. The summed E-state index contributed by atoms with van der Waals surface area (Å²) in [7, 11) is -3.67. The van der Waals surface area contributed by atoms with Crippen molar-refractivity contribution in [2.45, 2.75) is 6.92 Å². The Hall–Kier alpha value is -0.925. The molecule has 1 rings (SSSR count). The summed E-state index contributed by atoms with van der Waals surface area (Å²) >= 11 is 0. The number of aryl methyl sites for hydroxylation is 1. The molecule has 0 aliphatic rings. The third-order valence-electron chi connectivity index (χ3n) is 0.940. The van der Waals surface area contributed by atoms with Gasteiger partial charge in [-0.15, -0.1) is 0 Å². The van der Waals surface area contributed by atoms with Gasteiger partial charge in [-0.25, -0.2) is 0 Å². The van der Waals surface area contributed by atoms with Gasteiger partial charge in [-0.2, -0.15) is 0 Å². The second kappa shape index (κ2) is 5.83. The molecule has 1 aromatic carbocycles. The van der Waals surface area contributed by atoms with Gasteiger partial charge in [-0.1, -0.05) is 35.9 Å². The number of hydrogen-bond donors (Lipinski definition) is 0. The lowest BCUT2D eigenvalue weighted by atomic mass is 10.2. The quantitative estimate of drug-likeness (QED) is 0.511.